The molecule has 0 unspecified atom stereocenters. The van der Waals surface area contributed by atoms with Gasteiger partial charge in [-0.2, -0.15) is 4.31 Å². The van der Waals surface area contributed by atoms with Crippen molar-refractivity contribution in [2.75, 3.05) is 27.1 Å². The molecule has 2 aromatic heterocycles. The van der Waals surface area contributed by atoms with E-state index in [2.05, 4.69) is 46.6 Å². The quantitative estimate of drug-likeness (QED) is 0.0899. The summed E-state index contributed by atoms with van der Waals surface area (Å²) in [7, 11) is -1.67. The van der Waals surface area contributed by atoms with Crippen LogP contribution in [-0.2, 0) is 29.7 Å². The van der Waals surface area contributed by atoms with E-state index in [9.17, 15) is 0 Å². The summed E-state index contributed by atoms with van der Waals surface area (Å²) in [6.07, 6.45) is 0. The third-order valence-electron chi connectivity index (χ3n) is 9.34. The van der Waals surface area contributed by atoms with Gasteiger partial charge in [0.1, 0.15) is 30.2 Å². The number of methoxy groups -OCH3 is 3. The van der Waals surface area contributed by atoms with Gasteiger partial charge in [0, 0.05) is 24.2 Å². The third kappa shape index (κ3) is 8.75. The topological polar surface area (TPSA) is 148 Å². The van der Waals surface area contributed by atoms with Crippen LogP contribution in [0.4, 0.5) is 5.13 Å². The van der Waals surface area contributed by atoms with Crippen LogP contribution in [0.1, 0.15) is 22.3 Å². The Morgan fingerprint density at radius 1 is 0.759 bits per heavy atom. The molecule has 12 nitrogen and oxygen atoms in total. The Morgan fingerprint density at radius 3 is 1.88 bits per heavy atom. The van der Waals surface area contributed by atoms with Crippen LogP contribution < -0.4 is 19.9 Å². The fourth-order valence-electron chi connectivity index (χ4n) is 6.45. The first-order chi connectivity index (χ1) is 27.9. The summed E-state index contributed by atoms with van der Waals surface area (Å²) < 4.78 is 52.0. The van der Waals surface area contributed by atoms with E-state index in [0.29, 0.717) is 50.2 Å². The lowest BCUT2D eigenvalue weighted by Gasteiger charge is -2.26. The first kappa shape index (κ1) is 40.2. The molecule has 0 saturated heterocycles. The Morgan fingerprint density at radius 2 is 1.33 bits per heavy atom. The van der Waals surface area contributed by atoms with Crippen LogP contribution in [-0.4, -0.2) is 67.3 Å². The van der Waals surface area contributed by atoms with E-state index in [0.717, 1.165) is 21.4 Å². The highest BCUT2D eigenvalue weighted by atomic mass is 32.2. The van der Waals surface area contributed by atoms with Crippen LogP contribution >= 0.6 is 11.3 Å². The van der Waals surface area contributed by atoms with Gasteiger partial charge in [-0.15, -0.1) is 10.6 Å². The summed E-state index contributed by atoms with van der Waals surface area (Å²) in [6.45, 7) is 6.67. The van der Waals surface area contributed by atoms with Crippen LogP contribution in [0.15, 0.2) is 108 Å². The zero-order valence-corrected chi connectivity index (χ0v) is 35.7. The second-order valence-corrected chi connectivity index (χ2v) is 22.2. The fourth-order valence-corrected chi connectivity index (χ4v) is 9.47. The molecule has 2 heterocycles. The number of sulfonamides is 1. The number of benzene rings is 5. The van der Waals surface area contributed by atoms with E-state index >= 15 is 8.42 Å². The maximum absolute atomic E-state index is 15.9. The Hall–Kier alpha value is -6.05. The van der Waals surface area contributed by atoms with Crippen LogP contribution in [0.2, 0.25) is 19.6 Å². The number of ether oxygens (including phenoxy) is 3. The standard InChI is InChI=1S/C43H43N7O5S2Si/c1-53-33-17-10-29(11-18-33)26-49(27-30-12-19-34(54-2)20-13-30)57(51,52)41-32(24-25-58(4,5)6)16-23-36(37-8-7-9-38-40(37)45-43(44)56-38)39(41)42-46-47-48-50(42)28-31-14-21-35(55-3)22-15-31/h7-23H,26-28H2,1-6H3,(H2,44,45). The van der Waals surface area contributed by atoms with Crippen molar-refractivity contribution < 1.29 is 22.6 Å². The van der Waals surface area contributed by atoms with Crippen molar-refractivity contribution in [3.63, 3.8) is 0 Å². The van der Waals surface area contributed by atoms with Gasteiger partial charge in [0.25, 0.3) is 0 Å². The number of nitrogens with zero attached hydrogens (tertiary/aromatic N) is 6. The molecule has 0 spiro atoms. The van der Waals surface area contributed by atoms with Gasteiger partial charge in [-0.3, -0.25) is 0 Å². The minimum absolute atomic E-state index is 0.0104. The maximum atomic E-state index is 15.9. The molecule has 15 heteroatoms. The van der Waals surface area contributed by atoms with E-state index in [4.69, 9.17) is 24.9 Å². The van der Waals surface area contributed by atoms with Crippen molar-refractivity contribution in [1.29, 1.82) is 0 Å². The van der Waals surface area contributed by atoms with E-state index < -0.39 is 18.1 Å². The molecule has 0 aliphatic carbocycles. The van der Waals surface area contributed by atoms with Gasteiger partial charge in [0.05, 0.1) is 43.7 Å². The number of tetrazole rings is 1. The van der Waals surface area contributed by atoms with Crippen molar-refractivity contribution in [1.82, 2.24) is 29.5 Å². The highest BCUT2D eigenvalue weighted by Gasteiger charge is 2.35. The molecular formula is C43H43N7O5S2Si. The Bertz CT molecular complexity index is 2690. The van der Waals surface area contributed by atoms with E-state index in [1.165, 1.54) is 15.6 Å². The van der Waals surface area contributed by atoms with Crippen LogP contribution in [0, 0.1) is 11.5 Å². The molecule has 296 valence electrons. The molecule has 7 rings (SSSR count). The first-order valence-corrected chi connectivity index (χ1v) is 24.1. The molecule has 0 amide bonds. The summed E-state index contributed by atoms with van der Waals surface area (Å²) in [5.74, 6) is 5.59. The molecule has 0 bridgehead atoms. The molecule has 2 N–H and O–H groups in total. The van der Waals surface area contributed by atoms with Crippen LogP contribution in [0.3, 0.4) is 0 Å². The molecular weight excluding hydrogens is 787 g/mol. The smallest absolute Gasteiger partial charge is 0.245 e. The molecule has 0 radical (unpaired) electrons. The highest BCUT2D eigenvalue weighted by Crippen LogP contribution is 2.43. The van der Waals surface area contributed by atoms with Gasteiger partial charge in [-0.05, 0) is 81.2 Å². The summed E-state index contributed by atoms with van der Waals surface area (Å²) in [5, 5.41) is 13.5. The largest absolute Gasteiger partial charge is 0.497 e. The molecule has 0 aliphatic rings. The van der Waals surface area contributed by atoms with E-state index in [-0.39, 0.29) is 30.4 Å². The first-order valence-electron chi connectivity index (χ1n) is 18.4. The fraction of sp³-hybridized carbons (Fsp3) is 0.209. The number of hydrogen-bond donors (Lipinski definition) is 1. The van der Waals surface area contributed by atoms with Crippen LogP contribution in [0.25, 0.3) is 32.7 Å². The number of hydrogen-bond acceptors (Lipinski definition) is 11. The number of fused-ring (bicyclic) bond motifs is 1. The van der Waals surface area contributed by atoms with Gasteiger partial charge in [-0.25, -0.2) is 18.1 Å². The van der Waals surface area contributed by atoms with Gasteiger partial charge >= 0.3 is 0 Å². The maximum Gasteiger partial charge on any atom is 0.245 e. The van der Waals surface area contributed by atoms with Crippen molar-refractivity contribution in [3.8, 4) is 51.2 Å². The SMILES string of the molecule is COc1ccc(CN(Cc2ccc(OC)cc2)S(=O)(=O)c2c(C#C[Si](C)(C)C)ccc(-c3cccc4sc(N)nc34)c2-c2nnnn2Cc2ccc(OC)cc2)cc1. The number of nitrogens with two attached hydrogens (primary N) is 1. The number of anilines is 1. The lowest BCUT2D eigenvalue weighted by Crippen LogP contribution is -2.31. The molecule has 7 aromatic rings. The van der Waals surface area contributed by atoms with Crippen molar-refractivity contribution in [3.05, 3.63) is 125 Å². The van der Waals surface area contributed by atoms with Gasteiger partial charge in [0.2, 0.25) is 10.0 Å². The molecule has 5 aromatic carbocycles. The zero-order valence-electron chi connectivity index (χ0n) is 33.1. The number of aromatic nitrogens is 5. The molecule has 0 aliphatic heterocycles. The minimum Gasteiger partial charge on any atom is -0.497 e. The summed E-state index contributed by atoms with van der Waals surface area (Å²) >= 11 is 1.36. The van der Waals surface area contributed by atoms with Crippen LogP contribution in [0.5, 0.6) is 17.2 Å². The minimum atomic E-state index is -4.45. The average Bonchev–Trinajstić information content (AvgIpc) is 3.85. The van der Waals surface area contributed by atoms with Crippen molar-refractivity contribution in [2.45, 2.75) is 44.2 Å². The Labute approximate surface area is 343 Å². The molecule has 58 heavy (non-hydrogen) atoms. The molecule has 0 atom stereocenters. The summed E-state index contributed by atoms with van der Waals surface area (Å²) in [5.41, 5.74) is 14.6. The molecule has 0 saturated carbocycles. The second kappa shape index (κ2) is 16.8. The van der Waals surface area contributed by atoms with Crippen molar-refractivity contribution in [2.24, 2.45) is 0 Å². The summed E-state index contributed by atoms with van der Waals surface area (Å²) in [6, 6.07) is 31.7. The summed E-state index contributed by atoms with van der Waals surface area (Å²) in [4.78, 5) is 4.69. The van der Waals surface area contributed by atoms with Crippen molar-refractivity contribution >= 4 is 44.8 Å². The van der Waals surface area contributed by atoms with Gasteiger partial charge in [-0.1, -0.05) is 91.5 Å². The predicted octanol–water partition coefficient (Wildman–Crippen LogP) is 7.89. The molecule has 0 fully saturated rings. The average molecular weight is 830 g/mol. The monoisotopic (exact) mass is 829 g/mol. The number of thiazole rings is 1. The zero-order chi connectivity index (χ0) is 41.0. The predicted molar refractivity (Wildman–Crippen MR) is 231 cm³/mol. The van der Waals surface area contributed by atoms with E-state index in [1.807, 2.05) is 97.1 Å². The second-order valence-electron chi connectivity index (χ2n) is 14.5. The number of rotatable bonds is 13. The van der Waals surface area contributed by atoms with E-state index in [1.54, 1.807) is 32.1 Å². The number of nitrogen functional groups attached to an aromatic ring is 1. The highest BCUT2D eigenvalue weighted by molar-refractivity contribution is 7.89. The lowest BCUT2D eigenvalue weighted by atomic mass is 9.96. The van der Waals surface area contributed by atoms with Gasteiger partial charge < -0.3 is 19.9 Å². The normalized spacial score (nSPS) is 11.7. The Balaban J connectivity index is 1.52. The third-order valence-corrected chi connectivity index (χ3v) is 12.9. The number of para-hydroxylation sites is 1. The van der Waals surface area contributed by atoms with Gasteiger partial charge in [0.15, 0.2) is 11.0 Å². The Kier molecular flexibility index (Phi) is 11.6. The lowest BCUT2D eigenvalue weighted by molar-refractivity contribution is 0.397.